The van der Waals surface area contributed by atoms with E-state index in [9.17, 15) is 4.79 Å². The normalized spacial score (nSPS) is 10.1. The summed E-state index contributed by atoms with van der Waals surface area (Å²) in [4.78, 5) is 11.1. The predicted molar refractivity (Wildman–Crippen MR) is 80.0 cm³/mol. The van der Waals surface area contributed by atoms with E-state index in [4.69, 9.17) is 20.3 Å². The lowest BCUT2D eigenvalue weighted by Crippen LogP contribution is -2.07. The second kappa shape index (κ2) is 6.65. The van der Waals surface area contributed by atoms with Crippen molar-refractivity contribution in [1.82, 2.24) is 0 Å². The Labute approximate surface area is 122 Å². The third-order valence-electron chi connectivity index (χ3n) is 3.04. The van der Waals surface area contributed by atoms with E-state index in [0.717, 1.165) is 11.3 Å². The number of ether oxygens (including phenoxy) is 2. The summed E-state index contributed by atoms with van der Waals surface area (Å²) in [6.07, 6.45) is 0.665. The molecule has 5 nitrogen and oxygen atoms in total. The third-order valence-corrected chi connectivity index (χ3v) is 3.04. The van der Waals surface area contributed by atoms with Crippen LogP contribution in [0.2, 0.25) is 0 Å². The van der Waals surface area contributed by atoms with E-state index in [2.05, 4.69) is 0 Å². The molecular weight excluding hydrogens is 270 g/mol. The van der Waals surface area contributed by atoms with E-state index in [-0.39, 0.29) is 11.3 Å². The van der Waals surface area contributed by atoms with Crippen LogP contribution in [-0.2, 0) is 6.42 Å². The molecule has 0 atom stereocenters. The van der Waals surface area contributed by atoms with Crippen molar-refractivity contribution in [3.63, 3.8) is 0 Å². The number of carboxylic acid groups (broad SMARTS) is 1. The van der Waals surface area contributed by atoms with Gasteiger partial charge in [0.05, 0.1) is 13.7 Å². The van der Waals surface area contributed by atoms with Crippen molar-refractivity contribution < 1.29 is 19.4 Å². The first-order chi connectivity index (χ1) is 10.1. The minimum absolute atomic E-state index is 0.110. The molecule has 0 bridgehead atoms. The van der Waals surface area contributed by atoms with E-state index in [1.165, 1.54) is 12.1 Å². The first-order valence-electron chi connectivity index (χ1n) is 6.48. The molecule has 110 valence electrons. The second-order valence-corrected chi connectivity index (χ2v) is 4.51. The molecule has 0 aromatic heterocycles. The average Bonchev–Trinajstić information content (AvgIpc) is 2.48. The number of hydrogen-bond acceptors (Lipinski definition) is 4. The van der Waals surface area contributed by atoms with Crippen LogP contribution in [0, 0.1) is 0 Å². The smallest absolute Gasteiger partial charge is 0.339 e. The van der Waals surface area contributed by atoms with Crippen LogP contribution in [0.3, 0.4) is 0 Å². The number of nitrogens with two attached hydrogens (primary N) is 1. The lowest BCUT2D eigenvalue weighted by atomic mass is 10.1. The van der Waals surface area contributed by atoms with Crippen molar-refractivity contribution >= 4 is 11.7 Å². The van der Waals surface area contributed by atoms with Crippen LogP contribution in [-0.4, -0.2) is 24.8 Å². The van der Waals surface area contributed by atoms with Gasteiger partial charge in [-0.1, -0.05) is 12.1 Å². The summed E-state index contributed by atoms with van der Waals surface area (Å²) < 4.78 is 10.6. The molecule has 3 N–H and O–H groups in total. The summed E-state index contributed by atoms with van der Waals surface area (Å²) >= 11 is 0. The van der Waals surface area contributed by atoms with Crippen LogP contribution >= 0.6 is 0 Å². The van der Waals surface area contributed by atoms with Crippen molar-refractivity contribution in [2.75, 3.05) is 19.5 Å². The highest BCUT2D eigenvalue weighted by molar-refractivity contribution is 5.91. The molecule has 0 aliphatic carbocycles. The maximum absolute atomic E-state index is 11.1. The summed E-state index contributed by atoms with van der Waals surface area (Å²) in [6.45, 7) is 0.371. The Kier molecular flexibility index (Phi) is 4.66. The molecule has 0 fully saturated rings. The fourth-order valence-electron chi connectivity index (χ4n) is 1.91. The molecule has 0 aliphatic rings. The molecule has 0 spiro atoms. The molecule has 2 rings (SSSR count). The summed E-state index contributed by atoms with van der Waals surface area (Å²) in [6, 6.07) is 12.1. The first kappa shape index (κ1) is 14.7. The van der Waals surface area contributed by atoms with Crippen molar-refractivity contribution in [2.45, 2.75) is 6.42 Å². The molecular formula is C16H17NO4. The van der Waals surface area contributed by atoms with E-state index < -0.39 is 5.97 Å². The molecule has 21 heavy (non-hydrogen) atoms. The van der Waals surface area contributed by atoms with Gasteiger partial charge >= 0.3 is 5.97 Å². The monoisotopic (exact) mass is 287 g/mol. The van der Waals surface area contributed by atoms with Crippen molar-refractivity contribution in [3.05, 3.63) is 53.6 Å². The number of hydrogen-bond donors (Lipinski definition) is 2. The largest absolute Gasteiger partial charge is 0.497 e. The Morgan fingerprint density at radius 2 is 1.90 bits per heavy atom. The van der Waals surface area contributed by atoms with Crippen LogP contribution in [0.5, 0.6) is 11.5 Å². The van der Waals surface area contributed by atoms with Gasteiger partial charge in [-0.15, -0.1) is 0 Å². The number of aromatic carboxylic acids is 1. The van der Waals surface area contributed by atoms with Crippen LogP contribution in [0.1, 0.15) is 15.9 Å². The number of methoxy groups -OCH3 is 1. The standard InChI is InChI=1S/C16H17NO4/c1-20-13-5-2-11(3-6-13)8-9-21-15-10-12(17)4-7-14(15)16(18)19/h2-7,10H,8-9,17H2,1H3,(H,18,19). The van der Waals surface area contributed by atoms with Crippen molar-refractivity contribution in [3.8, 4) is 11.5 Å². The highest BCUT2D eigenvalue weighted by Gasteiger charge is 2.11. The fraction of sp³-hybridized carbons (Fsp3) is 0.188. The van der Waals surface area contributed by atoms with Gasteiger partial charge in [-0.05, 0) is 29.8 Å². The van der Waals surface area contributed by atoms with E-state index in [1.807, 2.05) is 24.3 Å². The van der Waals surface area contributed by atoms with Gasteiger partial charge < -0.3 is 20.3 Å². The molecule has 0 heterocycles. The summed E-state index contributed by atoms with van der Waals surface area (Å²) in [5, 5.41) is 9.10. The zero-order chi connectivity index (χ0) is 15.2. The number of anilines is 1. The minimum Gasteiger partial charge on any atom is -0.497 e. The van der Waals surface area contributed by atoms with Crippen LogP contribution in [0.4, 0.5) is 5.69 Å². The van der Waals surface area contributed by atoms with Gasteiger partial charge in [0.1, 0.15) is 17.1 Å². The molecule has 5 heteroatoms. The lowest BCUT2D eigenvalue weighted by Gasteiger charge is -2.10. The van der Waals surface area contributed by atoms with Gasteiger partial charge in [-0.3, -0.25) is 0 Å². The van der Waals surface area contributed by atoms with Gasteiger partial charge in [0.2, 0.25) is 0 Å². The molecule has 0 unspecified atom stereocenters. The topological polar surface area (TPSA) is 81.8 Å². The van der Waals surface area contributed by atoms with Crippen LogP contribution in [0.15, 0.2) is 42.5 Å². The zero-order valence-electron chi connectivity index (χ0n) is 11.7. The molecule has 0 aliphatic heterocycles. The van der Waals surface area contributed by atoms with Crippen LogP contribution < -0.4 is 15.2 Å². The first-order valence-corrected chi connectivity index (χ1v) is 6.48. The van der Waals surface area contributed by atoms with Crippen molar-refractivity contribution in [1.29, 1.82) is 0 Å². The third kappa shape index (κ3) is 3.89. The summed E-state index contributed by atoms with van der Waals surface area (Å²) in [5.74, 6) is 0.0501. The highest BCUT2D eigenvalue weighted by Crippen LogP contribution is 2.22. The Morgan fingerprint density at radius 1 is 1.19 bits per heavy atom. The molecule has 0 saturated heterocycles. The molecule has 0 saturated carbocycles. The predicted octanol–water partition coefficient (Wildman–Crippen LogP) is 2.60. The number of rotatable bonds is 6. The maximum atomic E-state index is 11.1. The summed E-state index contributed by atoms with van der Waals surface area (Å²) in [7, 11) is 1.62. The number of benzene rings is 2. The lowest BCUT2D eigenvalue weighted by molar-refractivity contribution is 0.0692. The number of nitrogen functional groups attached to an aromatic ring is 1. The minimum atomic E-state index is -1.03. The maximum Gasteiger partial charge on any atom is 0.339 e. The quantitative estimate of drug-likeness (QED) is 0.798. The zero-order valence-corrected chi connectivity index (χ0v) is 11.7. The number of carbonyl (C=O) groups is 1. The molecule has 2 aromatic carbocycles. The van der Waals surface area contributed by atoms with Gasteiger partial charge in [-0.25, -0.2) is 4.79 Å². The van der Waals surface area contributed by atoms with Gasteiger partial charge in [0, 0.05) is 18.2 Å². The van der Waals surface area contributed by atoms with E-state index in [0.29, 0.717) is 18.7 Å². The van der Waals surface area contributed by atoms with E-state index >= 15 is 0 Å². The Hall–Kier alpha value is -2.69. The Balaban J connectivity index is 1.99. The Bertz CT molecular complexity index is 623. The highest BCUT2D eigenvalue weighted by atomic mass is 16.5. The molecule has 2 aromatic rings. The average molecular weight is 287 g/mol. The second-order valence-electron chi connectivity index (χ2n) is 4.51. The van der Waals surface area contributed by atoms with Gasteiger partial charge in [-0.2, -0.15) is 0 Å². The molecule has 0 amide bonds. The fourth-order valence-corrected chi connectivity index (χ4v) is 1.91. The van der Waals surface area contributed by atoms with Crippen LogP contribution in [0.25, 0.3) is 0 Å². The van der Waals surface area contributed by atoms with E-state index in [1.54, 1.807) is 13.2 Å². The summed E-state index contributed by atoms with van der Waals surface area (Å²) in [5.41, 5.74) is 7.32. The molecule has 0 radical (unpaired) electrons. The Morgan fingerprint density at radius 3 is 2.52 bits per heavy atom. The van der Waals surface area contributed by atoms with Gasteiger partial charge in [0.15, 0.2) is 0 Å². The van der Waals surface area contributed by atoms with Crippen molar-refractivity contribution in [2.24, 2.45) is 0 Å². The van der Waals surface area contributed by atoms with Gasteiger partial charge in [0.25, 0.3) is 0 Å². The SMILES string of the molecule is COc1ccc(CCOc2cc(N)ccc2C(=O)O)cc1. The number of carboxylic acids is 1.